The van der Waals surface area contributed by atoms with Gasteiger partial charge in [-0.15, -0.1) is 0 Å². The Morgan fingerprint density at radius 3 is 2.42 bits per heavy atom. The maximum absolute atomic E-state index is 13.6. The second-order valence-corrected chi connectivity index (χ2v) is 4.54. The number of carboxylic acid groups (broad SMARTS) is 1. The van der Waals surface area contributed by atoms with Crippen LogP contribution < -0.4 is 4.74 Å². The quantitative estimate of drug-likeness (QED) is 0.917. The summed E-state index contributed by atoms with van der Waals surface area (Å²) < 4.78 is 32.7. The summed E-state index contributed by atoms with van der Waals surface area (Å²) in [6.07, 6.45) is 0. The van der Waals surface area contributed by atoms with Crippen LogP contribution in [0.4, 0.5) is 8.78 Å². The van der Waals surface area contributed by atoms with Gasteiger partial charge in [-0.25, -0.2) is 13.6 Å². The Balaban J connectivity index is 2.33. The van der Waals surface area contributed by atoms with Crippen molar-refractivity contribution in [1.82, 2.24) is 0 Å². The lowest BCUT2D eigenvalue weighted by molar-refractivity contribution is 0.0696. The molecule has 3 nitrogen and oxygen atoms in total. The van der Waals surface area contributed by atoms with Crippen LogP contribution in [0.5, 0.6) is 11.5 Å². The van der Waals surface area contributed by atoms with E-state index in [2.05, 4.69) is 15.9 Å². The topological polar surface area (TPSA) is 46.5 Å². The first-order chi connectivity index (χ1) is 8.97. The first-order valence-electron chi connectivity index (χ1n) is 5.13. The van der Waals surface area contributed by atoms with Crippen molar-refractivity contribution in [3.63, 3.8) is 0 Å². The van der Waals surface area contributed by atoms with Gasteiger partial charge < -0.3 is 9.84 Å². The third kappa shape index (κ3) is 3.08. The Labute approximate surface area is 115 Å². The highest BCUT2D eigenvalue weighted by Gasteiger charge is 2.12. The number of hydrogen-bond donors (Lipinski definition) is 1. The van der Waals surface area contributed by atoms with E-state index in [1.165, 1.54) is 24.3 Å². The number of ether oxygens (including phenoxy) is 1. The van der Waals surface area contributed by atoms with Gasteiger partial charge in [0.1, 0.15) is 0 Å². The summed E-state index contributed by atoms with van der Waals surface area (Å²) >= 11 is 3.14. The van der Waals surface area contributed by atoms with Gasteiger partial charge in [0.15, 0.2) is 23.1 Å². The molecule has 0 amide bonds. The number of halogens is 3. The van der Waals surface area contributed by atoms with Crippen LogP contribution in [0.15, 0.2) is 40.9 Å². The highest BCUT2D eigenvalue weighted by Crippen LogP contribution is 2.29. The van der Waals surface area contributed by atoms with E-state index in [-0.39, 0.29) is 17.1 Å². The third-order valence-electron chi connectivity index (χ3n) is 2.29. The molecule has 98 valence electrons. The number of benzene rings is 2. The molecular formula is C13H7BrF2O3. The zero-order chi connectivity index (χ0) is 14.0. The van der Waals surface area contributed by atoms with Crippen molar-refractivity contribution in [3.05, 3.63) is 58.1 Å². The maximum atomic E-state index is 13.6. The van der Waals surface area contributed by atoms with E-state index >= 15 is 0 Å². The molecule has 0 fully saturated rings. The minimum atomic E-state index is -1.25. The van der Waals surface area contributed by atoms with Crippen LogP contribution in [0.1, 0.15) is 10.4 Å². The fourth-order valence-electron chi connectivity index (χ4n) is 1.39. The van der Waals surface area contributed by atoms with Gasteiger partial charge >= 0.3 is 5.97 Å². The number of rotatable bonds is 3. The summed E-state index contributed by atoms with van der Waals surface area (Å²) in [7, 11) is 0. The largest absolute Gasteiger partial charge is 0.478 e. The van der Waals surface area contributed by atoms with E-state index in [1.807, 2.05) is 0 Å². The van der Waals surface area contributed by atoms with Crippen molar-refractivity contribution < 1.29 is 23.4 Å². The predicted molar refractivity (Wildman–Crippen MR) is 67.5 cm³/mol. The first-order valence-corrected chi connectivity index (χ1v) is 5.92. The summed E-state index contributed by atoms with van der Waals surface area (Å²) in [6.45, 7) is 0. The SMILES string of the molecule is O=C(O)c1ccc(Oc2cc(Br)ccc2F)c(F)c1. The lowest BCUT2D eigenvalue weighted by atomic mass is 10.2. The Morgan fingerprint density at radius 1 is 1.05 bits per heavy atom. The van der Waals surface area contributed by atoms with Gasteiger partial charge in [0.2, 0.25) is 0 Å². The summed E-state index contributed by atoms with van der Waals surface area (Å²) in [5.74, 6) is -3.18. The number of aromatic carboxylic acids is 1. The molecule has 0 aliphatic rings. The smallest absolute Gasteiger partial charge is 0.335 e. The summed E-state index contributed by atoms with van der Waals surface area (Å²) in [5, 5.41) is 8.70. The van der Waals surface area contributed by atoms with Crippen molar-refractivity contribution in [2.24, 2.45) is 0 Å². The number of hydrogen-bond acceptors (Lipinski definition) is 2. The van der Waals surface area contributed by atoms with E-state index in [1.54, 1.807) is 0 Å². The van der Waals surface area contributed by atoms with E-state index in [9.17, 15) is 13.6 Å². The highest BCUT2D eigenvalue weighted by atomic mass is 79.9. The molecule has 0 atom stereocenters. The molecule has 1 N–H and O–H groups in total. The second kappa shape index (κ2) is 5.36. The summed E-state index contributed by atoms with van der Waals surface area (Å²) in [6, 6.07) is 7.12. The van der Waals surface area contributed by atoms with Crippen LogP contribution in [0.3, 0.4) is 0 Å². The van der Waals surface area contributed by atoms with Crippen molar-refractivity contribution in [2.75, 3.05) is 0 Å². The van der Waals surface area contributed by atoms with Gasteiger partial charge in [0.05, 0.1) is 5.56 Å². The van der Waals surface area contributed by atoms with E-state index in [0.717, 1.165) is 12.1 Å². The molecule has 6 heteroatoms. The Kier molecular flexibility index (Phi) is 3.80. The lowest BCUT2D eigenvalue weighted by Crippen LogP contribution is -1.98. The van der Waals surface area contributed by atoms with E-state index in [0.29, 0.717) is 4.47 Å². The molecule has 19 heavy (non-hydrogen) atoms. The zero-order valence-electron chi connectivity index (χ0n) is 9.36. The van der Waals surface area contributed by atoms with Crippen LogP contribution >= 0.6 is 15.9 Å². The monoisotopic (exact) mass is 328 g/mol. The Bertz CT molecular complexity index is 644. The van der Waals surface area contributed by atoms with Crippen LogP contribution in [-0.4, -0.2) is 11.1 Å². The zero-order valence-corrected chi connectivity index (χ0v) is 10.9. The fraction of sp³-hybridized carbons (Fsp3) is 0. The average Bonchev–Trinajstić information content (AvgIpc) is 2.36. The molecule has 2 aromatic carbocycles. The second-order valence-electron chi connectivity index (χ2n) is 3.63. The van der Waals surface area contributed by atoms with Gasteiger partial charge in [0.25, 0.3) is 0 Å². The molecule has 0 unspecified atom stereocenters. The molecule has 0 saturated heterocycles. The molecule has 0 heterocycles. The van der Waals surface area contributed by atoms with Gasteiger partial charge in [0, 0.05) is 4.47 Å². The first kappa shape index (κ1) is 13.5. The lowest BCUT2D eigenvalue weighted by Gasteiger charge is -2.08. The molecule has 0 aliphatic heterocycles. The van der Waals surface area contributed by atoms with E-state index < -0.39 is 17.6 Å². The standard InChI is InChI=1S/C13H7BrF2O3/c14-8-2-3-9(15)12(6-8)19-11-4-1-7(13(17)18)5-10(11)16/h1-6H,(H,17,18). The molecule has 0 spiro atoms. The molecule has 0 aliphatic carbocycles. The van der Waals surface area contributed by atoms with Gasteiger partial charge in [-0.3, -0.25) is 0 Å². The van der Waals surface area contributed by atoms with Crippen molar-refractivity contribution in [3.8, 4) is 11.5 Å². The fourth-order valence-corrected chi connectivity index (χ4v) is 1.73. The summed E-state index contributed by atoms with van der Waals surface area (Å²) in [4.78, 5) is 10.6. The molecule has 0 aromatic heterocycles. The van der Waals surface area contributed by atoms with Crippen molar-refractivity contribution >= 4 is 21.9 Å². The minimum absolute atomic E-state index is 0.156. The third-order valence-corrected chi connectivity index (χ3v) is 2.79. The number of carboxylic acids is 1. The predicted octanol–water partition coefficient (Wildman–Crippen LogP) is 4.22. The molecular weight excluding hydrogens is 322 g/mol. The Morgan fingerprint density at radius 2 is 1.79 bits per heavy atom. The van der Waals surface area contributed by atoms with Crippen molar-refractivity contribution in [2.45, 2.75) is 0 Å². The number of carbonyl (C=O) groups is 1. The minimum Gasteiger partial charge on any atom is -0.478 e. The van der Waals surface area contributed by atoms with Crippen LogP contribution in [0.2, 0.25) is 0 Å². The van der Waals surface area contributed by atoms with Gasteiger partial charge in [-0.1, -0.05) is 15.9 Å². The van der Waals surface area contributed by atoms with Crippen LogP contribution in [-0.2, 0) is 0 Å². The molecule has 0 radical (unpaired) electrons. The van der Waals surface area contributed by atoms with Crippen molar-refractivity contribution in [1.29, 1.82) is 0 Å². The van der Waals surface area contributed by atoms with Crippen LogP contribution in [0, 0.1) is 11.6 Å². The molecule has 2 rings (SSSR count). The highest BCUT2D eigenvalue weighted by molar-refractivity contribution is 9.10. The van der Waals surface area contributed by atoms with Crippen LogP contribution in [0.25, 0.3) is 0 Å². The molecule has 0 bridgehead atoms. The molecule has 2 aromatic rings. The normalized spacial score (nSPS) is 10.3. The van der Waals surface area contributed by atoms with Gasteiger partial charge in [-0.2, -0.15) is 0 Å². The maximum Gasteiger partial charge on any atom is 0.335 e. The van der Waals surface area contributed by atoms with E-state index in [4.69, 9.17) is 9.84 Å². The summed E-state index contributed by atoms with van der Waals surface area (Å²) in [5.41, 5.74) is -0.209. The Hall–Kier alpha value is -1.95. The molecule has 0 saturated carbocycles. The van der Waals surface area contributed by atoms with Gasteiger partial charge in [-0.05, 0) is 36.4 Å². The average molecular weight is 329 g/mol.